The molecule has 0 spiro atoms. The Labute approximate surface area is 217 Å². The van der Waals surface area contributed by atoms with Gasteiger partial charge in [-0.1, -0.05) is 43.7 Å². The van der Waals surface area contributed by atoms with Gasteiger partial charge in [0.05, 0.1) is 36.1 Å². The van der Waals surface area contributed by atoms with E-state index in [4.69, 9.17) is 9.47 Å². The second-order valence-corrected chi connectivity index (χ2v) is 9.93. The SMILES string of the molecule is CCCCNC(=O)c1ccccc1NC(=O)CN(c1ccccc1)S(=O)(=O)c1ccc(OC)c(OC)c1. The summed E-state index contributed by atoms with van der Waals surface area (Å²) in [5, 5.41) is 5.52. The third-order valence-electron chi connectivity index (χ3n) is 5.54. The number of nitrogens with one attached hydrogen (secondary N) is 2. The molecule has 0 atom stereocenters. The van der Waals surface area contributed by atoms with Gasteiger partial charge in [-0.15, -0.1) is 0 Å². The summed E-state index contributed by atoms with van der Waals surface area (Å²) in [6.07, 6.45) is 1.77. The van der Waals surface area contributed by atoms with Crippen molar-refractivity contribution in [1.29, 1.82) is 0 Å². The van der Waals surface area contributed by atoms with Crippen molar-refractivity contribution in [2.45, 2.75) is 24.7 Å². The molecule has 0 aliphatic carbocycles. The van der Waals surface area contributed by atoms with Gasteiger partial charge in [0.25, 0.3) is 15.9 Å². The van der Waals surface area contributed by atoms with Crippen molar-refractivity contribution in [2.24, 2.45) is 0 Å². The number of unbranched alkanes of at least 4 members (excludes halogenated alkanes) is 1. The molecule has 2 amide bonds. The van der Waals surface area contributed by atoms with Crippen molar-refractivity contribution in [3.05, 3.63) is 78.4 Å². The van der Waals surface area contributed by atoms with Gasteiger partial charge >= 0.3 is 0 Å². The van der Waals surface area contributed by atoms with Crippen molar-refractivity contribution in [3.63, 3.8) is 0 Å². The normalized spacial score (nSPS) is 10.9. The lowest BCUT2D eigenvalue weighted by atomic mass is 10.1. The van der Waals surface area contributed by atoms with Crippen molar-refractivity contribution < 1.29 is 27.5 Å². The van der Waals surface area contributed by atoms with E-state index in [1.807, 2.05) is 6.92 Å². The predicted octanol–water partition coefficient (Wildman–Crippen LogP) is 4.07. The van der Waals surface area contributed by atoms with Gasteiger partial charge in [0.2, 0.25) is 5.91 Å². The van der Waals surface area contributed by atoms with E-state index in [1.54, 1.807) is 54.6 Å². The number of amides is 2. The highest BCUT2D eigenvalue weighted by atomic mass is 32.2. The fourth-order valence-corrected chi connectivity index (χ4v) is 5.03. The number of rotatable bonds is 12. The fraction of sp³-hybridized carbons (Fsp3) is 0.259. The Morgan fingerprint density at radius 3 is 2.24 bits per heavy atom. The number of benzene rings is 3. The monoisotopic (exact) mass is 525 g/mol. The lowest BCUT2D eigenvalue weighted by Crippen LogP contribution is -2.38. The molecule has 0 heterocycles. The second kappa shape index (κ2) is 12.8. The lowest BCUT2D eigenvalue weighted by molar-refractivity contribution is -0.114. The fourth-order valence-electron chi connectivity index (χ4n) is 3.60. The van der Waals surface area contributed by atoms with Gasteiger partial charge < -0.3 is 20.1 Å². The predicted molar refractivity (Wildman–Crippen MR) is 143 cm³/mol. The molecular weight excluding hydrogens is 494 g/mol. The summed E-state index contributed by atoms with van der Waals surface area (Å²) in [4.78, 5) is 25.7. The summed E-state index contributed by atoms with van der Waals surface area (Å²) >= 11 is 0. The second-order valence-electron chi connectivity index (χ2n) is 8.07. The zero-order chi connectivity index (χ0) is 26.8. The number of ether oxygens (including phenoxy) is 2. The standard InChI is InChI=1S/C27H31N3O6S/c1-4-5-17-28-27(32)22-13-9-10-14-23(22)29-26(31)19-30(20-11-7-6-8-12-20)37(33,34)21-15-16-24(35-2)25(18-21)36-3/h6-16,18H,4-5,17,19H2,1-3H3,(H,28,32)(H,29,31). The Morgan fingerprint density at radius 1 is 0.892 bits per heavy atom. The lowest BCUT2D eigenvalue weighted by Gasteiger charge is -2.24. The smallest absolute Gasteiger partial charge is 0.264 e. The third-order valence-corrected chi connectivity index (χ3v) is 7.31. The number of hydrogen-bond acceptors (Lipinski definition) is 6. The summed E-state index contributed by atoms with van der Waals surface area (Å²) in [5.41, 5.74) is 0.886. The average molecular weight is 526 g/mol. The minimum atomic E-state index is -4.18. The summed E-state index contributed by atoms with van der Waals surface area (Å²) in [5.74, 6) is -0.313. The summed E-state index contributed by atoms with van der Waals surface area (Å²) in [7, 11) is -1.32. The van der Waals surface area contributed by atoms with Gasteiger partial charge in [-0.05, 0) is 42.8 Å². The van der Waals surface area contributed by atoms with Crippen LogP contribution in [0.25, 0.3) is 0 Å². The molecule has 0 radical (unpaired) electrons. The van der Waals surface area contributed by atoms with E-state index in [0.717, 1.165) is 17.1 Å². The number of hydrogen-bond donors (Lipinski definition) is 2. The Bertz CT molecular complexity index is 1330. The van der Waals surface area contributed by atoms with Gasteiger partial charge in [0.1, 0.15) is 6.54 Å². The van der Waals surface area contributed by atoms with Crippen LogP contribution in [0.5, 0.6) is 11.5 Å². The number of carbonyl (C=O) groups excluding carboxylic acids is 2. The maximum absolute atomic E-state index is 13.7. The van der Waals surface area contributed by atoms with E-state index in [9.17, 15) is 18.0 Å². The molecule has 0 aliphatic rings. The van der Waals surface area contributed by atoms with Gasteiger partial charge in [-0.3, -0.25) is 13.9 Å². The molecule has 9 nitrogen and oxygen atoms in total. The molecule has 37 heavy (non-hydrogen) atoms. The molecule has 2 N–H and O–H groups in total. The van der Waals surface area contributed by atoms with E-state index in [0.29, 0.717) is 23.5 Å². The minimum absolute atomic E-state index is 0.0718. The summed E-state index contributed by atoms with van der Waals surface area (Å²) in [6.45, 7) is 2.02. The van der Waals surface area contributed by atoms with E-state index in [2.05, 4.69) is 10.6 Å². The van der Waals surface area contributed by atoms with E-state index >= 15 is 0 Å². The van der Waals surface area contributed by atoms with Crippen LogP contribution >= 0.6 is 0 Å². The number of carbonyl (C=O) groups is 2. The molecule has 196 valence electrons. The van der Waals surface area contributed by atoms with Crippen LogP contribution in [0.3, 0.4) is 0 Å². The molecule has 10 heteroatoms. The van der Waals surface area contributed by atoms with Gasteiger partial charge in [-0.2, -0.15) is 0 Å². The topological polar surface area (TPSA) is 114 Å². The van der Waals surface area contributed by atoms with Crippen molar-refractivity contribution in [3.8, 4) is 11.5 Å². The number of anilines is 2. The number of sulfonamides is 1. The molecule has 0 fully saturated rings. The minimum Gasteiger partial charge on any atom is -0.493 e. The van der Waals surface area contributed by atoms with Crippen LogP contribution in [0.1, 0.15) is 30.1 Å². The quantitative estimate of drug-likeness (QED) is 0.345. The molecular formula is C27H31N3O6S. The maximum Gasteiger partial charge on any atom is 0.264 e. The van der Waals surface area contributed by atoms with E-state index in [-0.39, 0.29) is 22.2 Å². The molecule has 0 saturated carbocycles. The Kier molecular flexibility index (Phi) is 9.51. The largest absolute Gasteiger partial charge is 0.493 e. The summed E-state index contributed by atoms with van der Waals surface area (Å²) in [6, 6.07) is 19.1. The molecule has 3 rings (SSSR count). The van der Waals surface area contributed by atoms with E-state index in [1.165, 1.54) is 32.4 Å². The van der Waals surface area contributed by atoms with Gasteiger partial charge in [0, 0.05) is 12.6 Å². The van der Waals surface area contributed by atoms with Gasteiger partial charge in [0.15, 0.2) is 11.5 Å². The average Bonchev–Trinajstić information content (AvgIpc) is 2.92. The summed E-state index contributed by atoms with van der Waals surface area (Å²) < 4.78 is 38.9. The van der Waals surface area contributed by atoms with Crippen LogP contribution in [-0.4, -0.2) is 47.5 Å². The molecule has 3 aromatic rings. The third kappa shape index (κ3) is 6.79. The highest BCUT2D eigenvalue weighted by molar-refractivity contribution is 7.92. The van der Waals surface area contributed by atoms with Crippen LogP contribution in [0.2, 0.25) is 0 Å². The van der Waals surface area contributed by atoms with Gasteiger partial charge in [-0.25, -0.2) is 8.42 Å². The number of methoxy groups -OCH3 is 2. The van der Waals surface area contributed by atoms with Crippen LogP contribution in [0.4, 0.5) is 11.4 Å². The van der Waals surface area contributed by atoms with Crippen molar-refractivity contribution in [2.75, 3.05) is 36.9 Å². The molecule has 0 aromatic heterocycles. The van der Waals surface area contributed by atoms with Crippen molar-refractivity contribution >= 4 is 33.2 Å². The number of nitrogens with zero attached hydrogens (tertiary/aromatic N) is 1. The van der Waals surface area contributed by atoms with E-state index < -0.39 is 22.5 Å². The highest BCUT2D eigenvalue weighted by Crippen LogP contribution is 2.32. The first kappa shape index (κ1) is 27.5. The molecule has 3 aromatic carbocycles. The number of para-hydroxylation sites is 2. The molecule has 0 unspecified atom stereocenters. The first-order valence-corrected chi connectivity index (χ1v) is 13.2. The zero-order valence-electron chi connectivity index (χ0n) is 21.1. The first-order valence-electron chi connectivity index (χ1n) is 11.8. The van der Waals surface area contributed by atoms with Crippen LogP contribution in [0, 0.1) is 0 Å². The molecule has 0 saturated heterocycles. The highest BCUT2D eigenvalue weighted by Gasteiger charge is 2.28. The van der Waals surface area contributed by atoms with Crippen molar-refractivity contribution in [1.82, 2.24) is 5.32 Å². The molecule has 0 aliphatic heterocycles. The van der Waals surface area contributed by atoms with Crippen LogP contribution in [0.15, 0.2) is 77.7 Å². The Morgan fingerprint density at radius 2 is 1.57 bits per heavy atom. The van der Waals surface area contributed by atoms with Crippen LogP contribution in [-0.2, 0) is 14.8 Å². The maximum atomic E-state index is 13.7. The first-order chi connectivity index (χ1) is 17.8. The zero-order valence-corrected chi connectivity index (χ0v) is 21.9. The van der Waals surface area contributed by atoms with Crippen LogP contribution < -0.4 is 24.4 Å². The Hall–Kier alpha value is -4.05. The Balaban J connectivity index is 1.90. The molecule has 0 bridgehead atoms.